The first-order valence-corrected chi connectivity index (χ1v) is 8.01. The van der Waals surface area contributed by atoms with Gasteiger partial charge in [-0.25, -0.2) is 9.97 Å². The summed E-state index contributed by atoms with van der Waals surface area (Å²) in [7, 11) is 1.87. The first-order valence-electron chi connectivity index (χ1n) is 8.01. The van der Waals surface area contributed by atoms with Gasteiger partial charge in [0, 0.05) is 51.2 Å². The van der Waals surface area contributed by atoms with E-state index in [0.29, 0.717) is 6.04 Å². The van der Waals surface area contributed by atoms with Crippen molar-refractivity contribution in [1.82, 2.24) is 25.3 Å². The molecule has 1 atom stereocenters. The highest BCUT2D eigenvalue weighted by molar-refractivity contribution is 5.49. The fourth-order valence-electron chi connectivity index (χ4n) is 2.87. The van der Waals surface area contributed by atoms with E-state index in [1.807, 2.05) is 26.2 Å². The number of hydrogen-bond donors (Lipinski definition) is 2. The highest BCUT2D eigenvalue weighted by atomic mass is 15.2. The second-order valence-corrected chi connectivity index (χ2v) is 5.78. The summed E-state index contributed by atoms with van der Waals surface area (Å²) in [5.74, 6) is 1.84. The number of nitrogens with zero attached hydrogens (tertiary/aromatic N) is 5. The molecule has 122 valence electrons. The molecular weight excluding hydrogens is 290 g/mol. The number of aryl methyl sites for hydroxylation is 1. The third-order valence-corrected chi connectivity index (χ3v) is 4.10. The predicted octanol–water partition coefficient (Wildman–Crippen LogP) is 1.38. The smallest absolute Gasteiger partial charge is 0.134 e. The zero-order valence-electron chi connectivity index (χ0n) is 13.7. The number of nitrogens with one attached hydrogen (secondary N) is 2. The molecule has 0 amide bonds. The van der Waals surface area contributed by atoms with Gasteiger partial charge < -0.3 is 15.5 Å². The van der Waals surface area contributed by atoms with Gasteiger partial charge in [0.2, 0.25) is 0 Å². The van der Waals surface area contributed by atoms with Gasteiger partial charge in [-0.3, -0.25) is 9.97 Å². The maximum Gasteiger partial charge on any atom is 0.134 e. The van der Waals surface area contributed by atoms with Crippen LogP contribution in [0, 0.1) is 6.92 Å². The summed E-state index contributed by atoms with van der Waals surface area (Å²) < 4.78 is 0. The first-order chi connectivity index (χ1) is 11.3. The molecule has 0 spiro atoms. The summed E-state index contributed by atoms with van der Waals surface area (Å²) in [6, 6.07) is 2.46. The van der Waals surface area contributed by atoms with Gasteiger partial charge in [-0.05, 0) is 19.8 Å². The van der Waals surface area contributed by atoms with Gasteiger partial charge in [0.25, 0.3) is 0 Å². The van der Waals surface area contributed by atoms with Crippen LogP contribution in [0.4, 0.5) is 11.6 Å². The lowest BCUT2D eigenvalue weighted by molar-refractivity contribution is 0.565. The molecule has 0 saturated carbocycles. The normalized spacial score (nSPS) is 17.5. The molecule has 2 aromatic rings. The Balaban J connectivity index is 1.57. The van der Waals surface area contributed by atoms with E-state index in [4.69, 9.17) is 0 Å². The van der Waals surface area contributed by atoms with Crippen molar-refractivity contribution in [3.8, 4) is 0 Å². The van der Waals surface area contributed by atoms with E-state index in [1.54, 1.807) is 12.5 Å². The lowest BCUT2D eigenvalue weighted by Gasteiger charge is -2.26. The molecule has 0 aromatic carbocycles. The van der Waals surface area contributed by atoms with Crippen molar-refractivity contribution >= 4 is 11.6 Å². The van der Waals surface area contributed by atoms with Crippen LogP contribution in [0.3, 0.4) is 0 Å². The SMILES string of the molecule is CNc1cc(N2CCCC2CNCc2cnc(C)cn2)ncn1. The van der Waals surface area contributed by atoms with Crippen LogP contribution in [0.2, 0.25) is 0 Å². The van der Waals surface area contributed by atoms with Gasteiger partial charge in [0.1, 0.15) is 18.0 Å². The standard InChI is InChI=1S/C16H23N7/c1-12-7-20-13(9-19-12)8-18-10-14-4-3-5-23(14)16-6-15(17-2)21-11-22-16/h6-7,9,11,14,18H,3-5,8,10H2,1-2H3,(H,17,21,22). The number of hydrogen-bond acceptors (Lipinski definition) is 7. The third-order valence-electron chi connectivity index (χ3n) is 4.10. The molecule has 1 aliphatic heterocycles. The summed E-state index contributed by atoms with van der Waals surface area (Å²) in [5.41, 5.74) is 1.92. The van der Waals surface area contributed by atoms with E-state index in [2.05, 4.69) is 35.5 Å². The molecular formula is C16H23N7. The largest absolute Gasteiger partial charge is 0.373 e. The van der Waals surface area contributed by atoms with Crippen molar-refractivity contribution in [1.29, 1.82) is 0 Å². The Bertz CT molecular complexity index is 629. The maximum absolute atomic E-state index is 4.42. The highest BCUT2D eigenvalue weighted by Crippen LogP contribution is 2.24. The van der Waals surface area contributed by atoms with Crippen LogP contribution in [0.5, 0.6) is 0 Å². The molecule has 1 unspecified atom stereocenters. The lowest BCUT2D eigenvalue weighted by atomic mass is 10.2. The van der Waals surface area contributed by atoms with Crippen molar-refractivity contribution in [2.24, 2.45) is 0 Å². The molecule has 0 radical (unpaired) electrons. The number of aromatic nitrogens is 4. The topological polar surface area (TPSA) is 78.9 Å². The van der Waals surface area contributed by atoms with E-state index >= 15 is 0 Å². The molecule has 7 heteroatoms. The zero-order chi connectivity index (χ0) is 16.1. The third kappa shape index (κ3) is 3.92. The fourth-order valence-corrected chi connectivity index (χ4v) is 2.87. The van der Waals surface area contributed by atoms with Gasteiger partial charge in [-0.1, -0.05) is 0 Å². The van der Waals surface area contributed by atoms with Crippen molar-refractivity contribution in [2.75, 3.05) is 30.4 Å². The summed E-state index contributed by atoms with van der Waals surface area (Å²) >= 11 is 0. The molecule has 23 heavy (non-hydrogen) atoms. The lowest BCUT2D eigenvalue weighted by Crippen LogP contribution is -2.38. The molecule has 0 aliphatic carbocycles. The van der Waals surface area contributed by atoms with Crippen LogP contribution >= 0.6 is 0 Å². The van der Waals surface area contributed by atoms with Crippen LogP contribution in [0.25, 0.3) is 0 Å². The van der Waals surface area contributed by atoms with E-state index < -0.39 is 0 Å². The fraction of sp³-hybridized carbons (Fsp3) is 0.500. The second kappa shape index (κ2) is 7.32. The first kappa shape index (κ1) is 15.6. The Morgan fingerprint density at radius 1 is 1.22 bits per heavy atom. The molecule has 0 bridgehead atoms. The molecule has 3 heterocycles. The average molecular weight is 313 g/mol. The minimum atomic E-state index is 0.452. The van der Waals surface area contributed by atoms with Crippen molar-refractivity contribution in [3.05, 3.63) is 36.2 Å². The average Bonchev–Trinajstić information content (AvgIpc) is 3.05. The summed E-state index contributed by atoms with van der Waals surface area (Å²) in [6.07, 6.45) is 7.62. The molecule has 1 aliphatic rings. The van der Waals surface area contributed by atoms with Crippen LogP contribution in [0.1, 0.15) is 24.2 Å². The summed E-state index contributed by atoms with van der Waals surface area (Å²) in [6.45, 7) is 4.64. The van der Waals surface area contributed by atoms with Crippen LogP contribution < -0.4 is 15.5 Å². The van der Waals surface area contributed by atoms with Gasteiger partial charge in [-0.2, -0.15) is 0 Å². The second-order valence-electron chi connectivity index (χ2n) is 5.78. The van der Waals surface area contributed by atoms with Crippen LogP contribution in [0.15, 0.2) is 24.8 Å². The minimum absolute atomic E-state index is 0.452. The number of anilines is 2. The summed E-state index contributed by atoms with van der Waals surface area (Å²) in [5, 5.41) is 6.55. The van der Waals surface area contributed by atoms with Gasteiger partial charge in [0.05, 0.1) is 11.4 Å². The zero-order valence-corrected chi connectivity index (χ0v) is 13.7. The molecule has 2 aromatic heterocycles. The van der Waals surface area contributed by atoms with Crippen LogP contribution in [-0.2, 0) is 6.54 Å². The Labute approximate surface area is 136 Å². The highest BCUT2D eigenvalue weighted by Gasteiger charge is 2.25. The van der Waals surface area contributed by atoms with Crippen molar-refractivity contribution < 1.29 is 0 Å². The van der Waals surface area contributed by atoms with E-state index in [-0.39, 0.29) is 0 Å². The van der Waals surface area contributed by atoms with Gasteiger partial charge >= 0.3 is 0 Å². The molecule has 1 saturated heterocycles. The number of rotatable bonds is 6. The maximum atomic E-state index is 4.42. The van der Waals surface area contributed by atoms with Gasteiger partial charge in [-0.15, -0.1) is 0 Å². The Morgan fingerprint density at radius 2 is 2.13 bits per heavy atom. The Morgan fingerprint density at radius 3 is 2.91 bits per heavy atom. The predicted molar refractivity (Wildman–Crippen MR) is 90.4 cm³/mol. The minimum Gasteiger partial charge on any atom is -0.373 e. The monoisotopic (exact) mass is 313 g/mol. The Hall–Kier alpha value is -2.28. The summed E-state index contributed by atoms with van der Waals surface area (Å²) in [4.78, 5) is 19.6. The molecule has 7 nitrogen and oxygen atoms in total. The molecule has 3 rings (SSSR count). The Kier molecular flexibility index (Phi) is 4.97. The quantitative estimate of drug-likeness (QED) is 0.834. The van der Waals surface area contributed by atoms with Crippen molar-refractivity contribution in [3.63, 3.8) is 0 Å². The van der Waals surface area contributed by atoms with E-state index in [1.165, 1.54) is 12.8 Å². The van der Waals surface area contributed by atoms with Crippen molar-refractivity contribution in [2.45, 2.75) is 32.4 Å². The van der Waals surface area contributed by atoms with Gasteiger partial charge in [0.15, 0.2) is 0 Å². The van der Waals surface area contributed by atoms with E-state index in [0.717, 1.165) is 42.7 Å². The van der Waals surface area contributed by atoms with Crippen LogP contribution in [-0.4, -0.2) is 46.1 Å². The molecule has 1 fully saturated rings. The molecule has 2 N–H and O–H groups in total. The van der Waals surface area contributed by atoms with E-state index in [9.17, 15) is 0 Å².